The molecule has 0 aliphatic heterocycles. The fourth-order valence-corrected chi connectivity index (χ4v) is 1.29. The first-order chi connectivity index (χ1) is 6.56. The number of carbonyl (C=O) groups is 1. The molecule has 0 fully saturated rings. The molecule has 0 unspecified atom stereocenters. The van der Waals surface area contributed by atoms with Crippen molar-refractivity contribution in [1.29, 1.82) is 0 Å². The van der Waals surface area contributed by atoms with Gasteiger partial charge in [0.15, 0.2) is 6.04 Å². The van der Waals surface area contributed by atoms with E-state index < -0.39 is 12.0 Å². The highest BCUT2D eigenvalue weighted by molar-refractivity contribution is 6.30. The van der Waals surface area contributed by atoms with Crippen LogP contribution in [0.1, 0.15) is 11.6 Å². The molecule has 1 aromatic rings. The first kappa shape index (κ1) is 10.8. The third kappa shape index (κ3) is 2.16. The molecule has 0 bridgehead atoms. The van der Waals surface area contributed by atoms with E-state index in [1.165, 1.54) is 13.2 Å². The molecule has 0 saturated carbocycles. The van der Waals surface area contributed by atoms with Crippen LogP contribution < -0.4 is 15.6 Å². The first-order valence-corrected chi connectivity index (χ1v) is 4.31. The predicted molar refractivity (Wildman–Crippen MR) is 48.6 cm³/mol. The average Bonchev–Trinajstić information content (AvgIpc) is 2.16. The van der Waals surface area contributed by atoms with E-state index in [9.17, 15) is 9.90 Å². The van der Waals surface area contributed by atoms with Crippen molar-refractivity contribution in [2.24, 2.45) is 0 Å². The van der Waals surface area contributed by atoms with Gasteiger partial charge in [-0.05, 0) is 18.2 Å². The minimum Gasteiger partial charge on any atom is -0.544 e. The Morgan fingerprint density at radius 2 is 2.29 bits per heavy atom. The average molecular weight is 216 g/mol. The van der Waals surface area contributed by atoms with E-state index in [1.54, 1.807) is 12.1 Å². The zero-order valence-electron chi connectivity index (χ0n) is 7.62. The summed E-state index contributed by atoms with van der Waals surface area (Å²) in [6.45, 7) is 0. The van der Waals surface area contributed by atoms with Gasteiger partial charge in [-0.25, -0.2) is 0 Å². The molecule has 0 spiro atoms. The first-order valence-electron chi connectivity index (χ1n) is 3.93. The van der Waals surface area contributed by atoms with Crippen LogP contribution in [0, 0.1) is 0 Å². The van der Waals surface area contributed by atoms with Gasteiger partial charge >= 0.3 is 0 Å². The summed E-state index contributed by atoms with van der Waals surface area (Å²) in [6, 6.07) is 3.74. The molecule has 0 amide bonds. The Balaban J connectivity index is 3.16. The molecule has 14 heavy (non-hydrogen) atoms. The summed E-state index contributed by atoms with van der Waals surface area (Å²) in [5.74, 6) is -0.816. The lowest BCUT2D eigenvalue weighted by atomic mass is 10.1. The monoisotopic (exact) mass is 215 g/mol. The summed E-state index contributed by atoms with van der Waals surface area (Å²) in [5.41, 5.74) is 3.87. The van der Waals surface area contributed by atoms with Crippen molar-refractivity contribution in [3.05, 3.63) is 28.8 Å². The normalized spacial score (nSPS) is 12.2. The molecule has 0 saturated heterocycles. The van der Waals surface area contributed by atoms with Crippen LogP contribution in [0.4, 0.5) is 0 Å². The number of hydrogen-bond acceptors (Lipinski definition) is 3. The number of halogens is 1. The van der Waals surface area contributed by atoms with Crippen LogP contribution in [0.5, 0.6) is 5.75 Å². The van der Waals surface area contributed by atoms with E-state index in [4.69, 9.17) is 16.3 Å². The fourth-order valence-electron chi connectivity index (χ4n) is 1.10. The van der Waals surface area contributed by atoms with Gasteiger partial charge in [-0.3, -0.25) is 0 Å². The second kappa shape index (κ2) is 4.30. The Labute approximate surface area is 86.2 Å². The van der Waals surface area contributed by atoms with Crippen LogP contribution in [0.3, 0.4) is 0 Å². The number of hydrogen-bond donors (Lipinski definition) is 1. The molecular formula is C9H10ClNO3. The zero-order chi connectivity index (χ0) is 10.7. The molecule has 5 heteroatoms. The van der Waals surface area contributed by atoms with Gasteiger partial charge in [0.2, 0.25) is 0 Å². The highest BCUT2D eigenvalue weighted by atomic mass is 35.5. The molecule has 3 N–H and O–H groups in total. The van der Waals surface area contributed by atoms with Crippen LogP contribution >= 0.6 is 11.6 Å². The minimum atomic E-state index is -1.26. The molecule has 4 nitrogen and oxygen atoms in total. The van der Waals surface area contributed by atoms with Crippen molar-refractivity contribution in [3.63, 3.8) is 0 Å². The number of quaternary nitrogens is 1. The standard InChI is InChI=1S/C9H10ClNO3/c1-14-7-3-2-5(10)4-6(7)8(11)9(12)13/h2-4,8H,11H2,1H3,(H,12,13)/t8-/m0/s1. The van der Waals surface area contributed by atoms with Gasteiger partial charge in [-0.1, -0.05) is 11.6 Å². The maximum atomic E-state index is 10.6. The maximum Gasteiger partial charge on any atom is 0.154 e. The molecule has 1 rings (SSSR count). The van der Waals surface area contributed by atoms with Crippen molar-refractivity contribution in [3.8, 4) is 5.75 Å². The quantitative estimate of drug-likeness (QED) is 0.730. The number of methoxy groups -OCH3 is 1. The maximum absolute atomic E-state index is 10.6. The summed E-state index contributed by atoms with van der Waals surface area (Å²) in [7, 11) is 1.45. The number of rotatable bonds is 3. The summed E-state index contributed by atoms with van der Waals surface area (Å²) in [4.78, 5) is 10.6. The lowest BCUT2D eigenvalue weighted by molar-refractivity contribution is -0.443. The lowest BCUT2D eigenvalue weighted by Gasteiger charge is -2.13. The van der Waals surface area contributed by atoms with Crippen molar-refractivity contribution < 1.29 is 20.4 Å². The number of benzene rings is 1. The van der Waals surface area contributed by atoms with Crippen molar-refractivity contribution >= 4 is 17.6 Å². The van der Waals surface area contributed by atoms with Crippen molar-refractivity contribution in [2.75, 3.05) is 7.11 Å². The van der Waals surface area contributed by atoms with E-state index in [1.807, 2.05) is 0 Å². The van der Waals surface area contributed by atoms with Crippen LogP contribution in [0.2, 0.25) is 5.02 Å². The SMILES string of the molecule is COc1ccc(Cl)cc1[C@H]([NH3+])C(=O)[O-]. The van der Waals surface area contributed by atoms with Crippen molar-refractivity contribution in [1.82, 2.24) is 0 Å². The van der Waals surface area contributed by atoms with Crippen LogP contribution in [-0.2, 0) is 4.79 Å². The van der Waals surface area contributed by atoms with Crippen LogP contribution in [-0.4, -0.2) is 13.1 Å². The minimum absolute atomic E-state index is 0.417. The van der Waals surface area contributed by atoms with Gasteiger partial charge in [-0.2, -0.15) is 0 Å². The number of ether oxygens (including phenoxy) is 1. The van der Waals surface area contributed by atoms with E-state index >= 15 is 0 Å². The highest BCUT2D eigenvalue weighted by Gasteiger charge is 2.16. The molecule has 1 aromatic carbocycles. The highest BCUT2D eigenvalue weighted by Crippen LogP contribution is 2.25. The summed E-state index contributed by atoms with van der Waals surface area (Å²) >= 11 is 5.73. The molecular weight excluding hydrogens is 206 g/mol. The summed E-state index contributed by atoms with van der Waals surface area (Å²) in [6.07, 6.45) is 0. The van der Waals surface area contributed by atoms with E-state index in [0.717, 1.165) is 0 Å². The number of carboxylic acids is 1. The molecule has 0 radical (unpaired) electrons. The largest absolute Gasteiger partial charge is 0.544 e. The Bertz CT molecular complexity index is 354. The van der Waals surface area contributed by atoms with E-state index in [2.05, 4.69) is 5.73 Å². The Morgan fingerprint density at radius 3 is 2.79 bits per heavy atom. The van der Waals surface area contributed by atoms with Gasteiger partial charge in [0.1, 0.15) is 11.7 Å². The molecule has 0 heterocycles. The Morgan fingerprint density at radius 1 is 1.64 bits per heavy atom. The van der Waals surface area contributed by atoms with E-state index in [-0.39, 0.29) is 0 Å². The number of carbonyl (C=O) groups excluding carboxylic acids is 1. The smallest absolute Gasteiger partial charge is 0.154 e. The Kier molecular flexibility index (Phi) is 3.33. The number of carboxylic acid groups (broad SMARTS) is 1. The predicted octanol–water partition coefficient (Wildman–Crippen LogP) is -0.619. The van der Waals surface area contributed by atoms with Gasteiger partial charge in [0.05, 0.1) is 12.7 Å². The summed E-state index contributed by atoms with van der Waals surface area (Å²) < 4.78 is 4.98. The van der Waals surface area contributed by atoms with Gasteiger partial charge in [0, 0.05) is 5.02 Å². The molecule has 0 aliphatic rings. The molecule has 76 valence electrons. The lowest BCUT2D eigenvalue weighted by Crippen LogP contribution is -2.61. The zero-order valence-corrected chi connectivity index (χ0v) is 8.38. The number of aliphatic carboxylic acids is 1. The summed E-state index contributed by atoms with van der Waals surface area (Å²) in [5, 5.41) is 11.0. The molecule has 1 atom stereocenters. The van der Waals surface area contributed by atoms with Crippen LogP contribution in [0.15, 0.2) is 18.2 Å². The molecule has 0 aliphatic carbocycles. The van der Waals surface area contributed by atoms with Gasteiger partial charge in [0.25, 0.3) is 0 Å². The van der Waals surface area contributed by atoms with Gasteiger partial charge in [-0.15, -0.1) is 0 Å². The fraction of sp³-hybridized carbons (Fsp3) is 0.222. The Hall–Kier alpha value is -1.26. The van der Waals surface area contributed by atoms with Crippen molar-refractivity contribution in [2.45, 2.75) is 6.04 Å². The second-order valence-corrected chi connectivity index (χ2v) is 3.19. The van der Waals surface area contributed by atoms with Gasteiger partial charge < -0.3 is 20.4 Å². The second-order valence-electron chi connectivity index (χ2n) is 2.76. The topological polar surface area (TPSA) is 77.0 Å². The molecule has 0 aromatic heterocycles. The van der Waals surface area contributed by atoms with E-state index in [0.29, 0.717) is 16.3 Å². The third-order valence-electron chi connectivity index (χ3n) is 1.85. The van der Waals surface area contributed by atoms with Crippen LogP contribution in [0.25, 0.3) is 0 Å². The third-order valence-corrected chi connectivity index (χ3v) is 2.09.